The van der Waals surface area contributed by atoms with Crippen LogP contribution >= 0.6 is 11.3 Å². The van der Waals surface area contributed by atoms with Gasteiger partial charge in [0.15, 0.2) is 0 Å². The number of rotatable bonds is 3. The number of benzene rings is 1. The second kappa shape index (κ2) is 5.25. The number of aromatic carboxylic acids is 1. The van der Waals surface area contributed by atoms with Crippen molar-refractivity contribution in [1.82, 2.24) is 4.98 Å². The molecule has 0 aliphatic carbocycles. The number of carbonyl (C=O) groups is 1. The lowest BCUT2D eigenvalue weighted by Crippen LogP contribution is -2.33. The molecule has 1 aliphatic heterocycles. The summed E-state index contributed by atoms with van der Waals surface area (Å²) in [6, 6.07) is 5.71. The molecule has 20 heavy (non-hydrogen) atoms. The highest BCUT2D eigenvalue weighted by molar-refractivity contribution is 7.07. The molecule has 0 saturated carbocycles. The summed E-state index contributed by atoms with van der Waals surface area (Å²) in [7, 11) is 0. The van der Waals surface area contributed by atoms with Crippen LogP contribution in [0.2, 0.25) is 0 Å². The highest BCUT2D eigenvalue weighted by Crippen LogP contribution is 2.35. The topological polar surface area (TPSA) is 53.4 Å². The predicted molar refractivity (Wildman–Crippen MR) is 79.6 cm³/mol. The summed E-state index contributed by atoms with van der Waals surface area (Å²) in [5.74, 6) is -0.843. The maximum absolute atomic E-state index is 11.3. The van der Waals surface area contributed by atoms with Crippen molar-refractivity contribution >= 4 is 23.0 Å². The second-order valence-electron chi connectivity index (χ2n) is 4.99. The van der Waals surface area contributed by atoms with Gasteiger partial charge in [-0.05, 0) is 37.5 Å². The van der Waals surface area contributed by atoms with E-state index in [2.05, 4.69) is 22.2 Å². The zero-order chi connectivity index (χ0) is 14.1. The summed E-state index contributed by atoms with van der Waals surface area (Å²) < 4.78 is 0. The Hall–Kier alpha value is -1.88. The van der Waals surface area contributed by atoms with E-state index in [9.17, 15) is 9.90 Å². The first-order valence-electron chi connectivity index (χ1n) is 6.68. The van der Waals surface area contributed by atoms with E-state index < -0.39 is 5.97 Å². The average molecular weight is 288 g/mol. The van der Waals surface area contributed by atoms with E-state index in [1.807, 2.05) is 17.6 Å². The molecular formula is C15H16N2O2S. The van der Waals surface area contributed by atoms with Crippen LogP contribution in [0.15, 0.2) is 29.1 Å². The van der Waals surface area contributed by atoms with Crippen molar-refractivity contribution in [1.29, 1.82) is 0 Å². The minimum atomic E-state index is -0.843. The van der Waals surface area contributed by atoms with Gasteiger partial charge in [0.25, 0.3) is 0 Å². The van der Waals surface area contributed by atoms with Crippen LogP contribution in [-0.4, -0.2) is 22.6 Å². The minimum Gasteiger partial charge on any atom is -0.478 e. The molecule has 2 aromatic rings. The van der Waals surface area contributed by atoms with Crippen LogP contribution in [0.5, 0.6) is 0 Å². The lowest BCUT2D eigenvalue weighted by Gasteiger charge is -2.36. The van der Waals surface area contributed by atoms with Crippen molar-refractivity contribution in [2.24, 2.45) is 0 Å². The summed E-state index contributed by atoms with van der Waals surface area (Å²) in [6.45, 7) is 3.06. The van der Waals surface area contributed by atoms with Gasteiger partial charge in [0, 0.05) is 17.6 Å². The molecular weight excluding hydrogens is 272 g/mol. The van der Waals surface area contributed by atoms with Gasteiger partial charge in [0.2, 0.25) is 0 Å². The summed E-state index contributed by atoms with van der Waals surface area (Å²) in [6.07, 6.45) is 1.81. The molecule has 3 rings (SSSR count). The number of thiazole rings is 1. The Bertz CT molecular complexity index is 625. The third-order valence-corrected chi connectivity index (χ3v) is 4.47. The van der Waals surface area contributed by atoms with Gasteiger partial charge >= 0.3 is 5.97 Å². The second-order valence-corrected chi connectivity index (χ2v) is 5.71. The van der Waals surface area contributed by atoms with Gasteiger partial charge in [-0.3, -0.25) is 0 Å². The van der Waals surface area contributed by atoms with Gasteiger partial charge < -0.3 is 10.0 Å². The summed E-state index contributed by atoms with van der Waals surface area (Å²) in [4.78, 5) is 18.0. The molecule has 1 aromatic carbocycles. The molecule has 1 N–H and O–H groups in total. The van der Waals surface area contributed by atoms with E-state index in [1.54, 1.807) is 17.4 Å². The van der Waals surface area contributed by atoms with Crippen molar-refractivity contribution in [3.8, 4) is 0 Å². The standard InChI is InChI=1S/C15H16N2O2S/c1-10(13-8-20-9-16-13)17-7-3-5-11-12(15(18)19)4-2-6-14(11)17/h2,4,6,8-10H,3,5,7H2,1H3,(H,18,19). The van der Waals surface area contributed by atoms with E-state index in [1.165, 1.54) is 0 Å². The smallest absolute Gasteiger partial charge is 0.336 e. The van der Waals surface area contributed by atoms with E-state index in [0.717, 1.165) is 36.3 Å². The Balaban J connectivity index is 2.02. The van der Waals surface area contributed by atoms with Gasteiger partial charge in [-0.2, -0.15) is 0 Å². The van der Waals surface area contributed by atoms with Gasteiger partial charge in [0.05, 0.1) is 22.8 Å². The van der Waals surface area contributed by atoms with Crippen molar-refractivity contribution in [2.45, 2.75) is 25.8 Å². The fourth-order valence-corrected chi connectivity index (χ4v) is 3.48. The first kappa shape index (κ1) is 13.1. The zero-order valence-electron chi connectivity index (χ0n) is 11.2. The molecule has 2 heterocycles. The number of carboxylic acids is 1. The first-order valence-corrected chi connectivity index (χ1v) is 7.62. The van der Waals surface area contributed by atoms with E-state index in [0.29, 0.717) is 5.56 Å². The summed E-state index contributed by atoms with van der Waals surface area (Å²) in [5, 5.41) is 11.4. The molecule has 1 aromatic heterocycles. The van der Waals surface area contributed by atoms with Crippen LogP contribution < -0.4 is 4.90 Å². The highest BCUT2D eigenvalue weighted by atomic mass is 32.1. The molecule has 4 nitrogen and oxygen atoms in total. The number of hydrogen-bond donors (Lipinski definition) is 1. The van der Waals surface area contributed by atoms with Crippen LogP contribution in [0.1, 0.15) is 41.0 Å². The summed E-state index contributed by atoms with van der Waals surface area (Å²) in [5.41, 5.74) is 5.30. The van der Waals surface area contributed by atoms with Crippen molar-refractivity contribution in [3.63, 3.8) is 0 Å². The third kappa shape index (κ3) is 2.18. The Morgan fingerprint density at radius 2 is 2.35 bits per heavy atom. The average Bonchev–Trinajstić information content (AvgIpc) is 2.99. The maximum atomic E-state index is 11.3. The summed E-state index contributed by atoms with van der Waals surface area (Å²) >= 11 is 1.59. The van der Waals surface area contributed by atoms with E-state index in [4.69, 9.17) is 0 Å². The van der Waals surface area contributed by atoms with E-state index >= 15 is 0 Å². The van der Waals surface area contributed by atoms with Crippen molar-refractivity contribution in [3.05, 3.63) is 45.9 Å². The number of anilines is 1. The minimum absolute atomic E-state index is 0.171. The quantitative estimate of drug-likeness (QED) is 0.941. The third-order valence-electron chi connectivity index (χ3n) is 3.86. The molecule has 0 bridgehead atoms. The highest BCUT2D eigenvalue weighted by Gasteiger charge is 2.26. The lowest BCUT2D eigenvalue weighted by atomic mass is 9.95. The van der Waals surface area contributed by atoms with Gasteiger partial charge in [-0.25, -0.2) is 9.78 Å². The largest absolute Gasteiger partial charge is 0.478 e. The normalized spacial score (nSPS) is 15.8. The van der Waals surface area contributed by atoms with Crippen LogP contribution in [0.4, 0.5) is 5.69 Å². The SMILES string of the molecule is CC(c1cscn1)N1CCCc2c(C(=O)O)cccc21. The molecule has 1 atom stereocenters. The molecule has 0 amide bonds. The van der Waals surface area contributed by atoms with Crippen LogP contribution in [0.25, 0.3) is 0 Å². The molecule has 0 radical (unpaired) electrons. The predicted octanol–water partition coefficient (Wildman–Crippen LogP) is 3.36. The number of hydrogen-bond acceptors (Lipinski definition) is 4. The Morgan fingerprint density at radius 3 is 3.05 bits per heavy atom. The fourth-order valence-electron chi connectivity index (χ4n) is 2.84. The van der Waals surface area contributed by atoms with E-state index in [-0.39, 0.29) is 6.04 Å². The Morgan fingerprint density at radius 1 is 1.50 bits per heavy atom. The van der Waals surface area contributed by atoms with Crippen LogP contribution in [0, 0.1) is 0 Å². The first-order chi connectivity index (χ1) is 9.68. The number of carboxylic acid groups (broad SMARTS) is 1. The zero-order valence-corrected chi connectivity index (χ0v) is 12.1. The Kier molecular flexibility index (Phi) is 3.44. The van der Waals surface area contributed by atoms with Crippen LogP contribution in [-0.2, 0) is 6.42 Å². The number of aromatic nitrogens is 1. The van der Waals surface area contributed by atoms with Crippen LogP contribution in [0.3, 0.4) is 0 Å². The molecule has 1 unspecified atom stereocenters. The lowest BCUT2D eigenvalue weighted by molar-refractivity contribution is 0.0695. The van der Waals surface area contributed by atoms with Gasteiger partial charge in [-0.1, -0.05) is 6.07 Å². The molecule has 0 saturated heterocycles. The maximum Gasteiger partial charge on any atom is 0.336 e. The van der Waals surface area contributed by atoms with Crippen molar-refractivity contribution in [2.75, 3.05) is 11.4 Å². The Labute approximate surface area is 121 Å². The van der Waals surface area contributed by atoms with Crippen molar-refractivity contribution < 1.29 is 9.90 Å². The number of fused-ring (bicyclic) bond motifs is 1. The molecule has 5 heteroatoms. The fraction of sp³-hybridized carbons (Fsp3) is 0.333. The number of nitrogens with zero attached hydrogens (tertiary/aromatic N) is 2. The molecule has 104 valence electrons. The monoisotopic (exact) mass is 288 g/mol. The molecule has 0 spiro atoms. The molecule has 0 fully saturated rings. The molecule has 1 aliphatic rings. The van der Waals surface area contributed by atoms with Gasteiger partial charge in [-0.15, -0.1) is 11.3 Å². The van der Waals surface area contributed by atoms with Gasteiger partial charge in [0.1, 0.15) is 0 Å².